The summed E-state index contributed by atoms with van der Waals surface area (Å²) in [5, 5.41) is 13.1. The molecular formula is C19H36N4O3. The molecule has 150 valence electrons. The maximum atomic E-state index is 12.4. The van der Waals surface area contributed by atoms with Crippen molar-refractivity contribution in [3.63, 3.8) is 0 Å². The van der Waals surface area contributed by atoms with Crippen LogP contribution in [0.25, 0.3) is 0 Å². The van der Waals surface area contributed by atoms with Crippen LogP contribution in [0.1, 0.15) is 39.0 Å². The molecule has 3 fully saturated rings. The van der Waals surface area contributed by atoms with Crippen molar-refractivity contribution in [2.75, 3.05) is 59.4 Å². The molecule has 2 amide bonds. The van der Waals surface area contributed by atoms with Crippen molar-refractivity contribution >= 4 is 11.8 Å². The highest BCUT2D eigenvalue weighted by Gasteiger charge is 2.21. The van der Waals surface area contributed by atoms with Gasteiger partial charge in [0.15, 0.2) is 0 Å². The summed E-state index contributed by atoms with van der Waals surface area (Å²) in [5.74, 6) is 0.264. The third kappa shape index (κ3) is 7.21. The molecule has 2 atom stereocenters. The number of hydrogen-bond donors (Lipinski definition) is 2. The van der Waals surface area contributed by atoms with Gasteiger partial charge in [-0.1, -0.05) is 13.3 Å². The Bertz CT molecular complexity index is 452. The molecule has 0 saturated carbocycles. The molecule has 3 aliphatic rings. The predicted molar refractivity (Wildman–Crippen MR) is 102 cm³/mol. The summed E-state index contributed by atoms with van der Waals surface area (Å²) in [4.78, 5) is 30.9. The van der Waals surface area contributed by atoms with Crippen LogP contribution in [0.5, 0.6) is 0 Å². The Morgan fingerprint density at radius 3 is 2.31 bits per heavy atom. The Morgan fingerprint density at radius 2 is 1.58 bits per heavy atom. The van der Waals surface area contributed by atoms with Crippen LogP contribution in [0.2, 0.25) is 0 Å². The van der Waals surface area contributed by atoms with E-state index >= 15 is 0 Å². The van der Waals surface area contributed by atoms with Crippen molar-refractivity contribution in [3.05, 3.63) is 0 Å². The van der Waals surface area contributed by atoms with Crippen molar-refractivity contribution in [1.82, 2.24) is 20.0 Å². The molecule has 0 aromatic rings. The molecule has 3 rings (SSSR count). The zero-order valence-corrected chi connectivity index (χ0v) is 16.5. The van der Waals surface area contributed by atoms with Gasteiger partial charge in [0.25, 0.3) is 0 Å². The predicted octanol–water partition coefficient (Wildman–Crippen LogP) is 0.140. The van der Waals surface area contributed by atoms with Gasteiger partial charge < -0.3 is 15.3 Å². The van der Waals surface area contributed by atoms with Gasteiger partial charge in [-0.15, -0.1) is 0 Å². The fourth-order valence-electron chi connectivity index (χ4n) is 3.62. The second-order valence-corrected chi connectivity index (χ2v) is 7.85. The SMILES string of the molecule is C[C@@H]1CCC[C@H](O)CCCN(C)C(=O)CN2CCN(CCNC1=O)CC2. The third-order valence-electron chi connectivity index (χ3n) is 5.63. The van der Waals surface area contributed by atoms with E-state index in [2.05, 4.69) is 15.1 Å². The molecular weight excluding hydrogens is 332 g/mol. The first-order valence-electron chi connectivity index (χ1n) is 10.1. The number of piperazine rings is 1. The minimum absolute atomic E-state index is 0.00936. The number of fused-ring (bicyclic) bond motifs is 16. The summed E-state index contributed by atoms with van der Waals surface area (Å²) in [6, 6.07) is 0. The van der Waals surface area contributed by atoms with E-state index in [4.69, 9.17) is 0 Å². The van der Waals surface area contributed by atoms with Crippen molar-refractivity contribution in [3.8, 4) is 0 Å². The number of hydrogen-bond acceptors (Lipinski definition) is 5. The van der Waals surface area contributed by atoms with Crippen LogP contribution in [-0.4, -0.2) is 97.1 Å². The van der Waals surface area contributed by atoms with Crippen LogP contribution in [0.15, 0.2) is 0 Å². The van der Waals surface area contributed by atoms with E-state index < -0.39 is 0 Å². The molecule has 7 heteroatoms. The van der Waals surface area contributed by atoms with Gasteiger partial charge in [-0.05, 0) is 25.7 Å². The summed E-state index contributed by atoms with van der Waals surface area (Å²) in [6.45, 7) is 8.32. The van der Waals surface area contributed by atoms with Gasteiger partial charge in [-0.25, -0.2) is 0 Å². The molecule has 0 aromatic heterocycles. The van der Waals surface area contributed by atoms with E-state index in [1.54, 1.807) is 4.90 Å². The maximum absolute atomic E-state index is 12.4. The summed E-state index contributed by atoms with van der Waals surface area (Å²) in [6.07, 6.45) is 3.55. The van der Waals surface area contributed by atoms with Crippen molar-refractivity contribution in [2.24, 2.45) is 5.92 Å². The van der Waals surface area contributed by atoms with Crippen LogP contribution < -0.4 is 5.32 Å². The second-order valence-electron chi connectivity index (χ2n) is 7.85. The smallest absolute Gasteiger partial charge is 0.236 e. The van der Waals surface area contributed by atoms with E-state index in [-0.39, 0.29) is 23.8 Å². The molecule has 0 unspecified atom stereocenters. The van der Waals surface area contributed by atoms with Crippen molar-refractivity contribution < 1.29 is 14.7 Å². The summed E-state index contributed by atoms with van der Waals surface area (Å²) >= 11 is 0. The molecule has 2 N–H and O–H groups in total. The Morgan fingerprint density at radius 1 is 0.923 bits per heavy atom. The molecule has 0 radical (unpaired) electrons. The summed E-state index contributed by atoms with van der Waals surface area (Å²) < 4.78 is 0. The number of aliphatic hydroxyl groups is 1. The number of rotatable bonds is 0. The van der Waals surface area contributed by atoms with Gasteiger partial charge >= 0.3 is 0 Å². The molecule has 0 aliphatic carbocycles. The van der Waals surface area contributed by atoms with Crippen LogP contribution >= 0.6 is 0 Å². The van der Waals surface area contributed by atoms with E-state index in [0.29, 0.717) is 26.1 Å². The number of nitrogens with zero attached hydrogens (tertiary/aromatic N) is 3. The molecule has 3 saturated heterocycles. The molecule has 0 spiro atoms. The lowest BCUT2D eigenvalue weighted by atomic mass is 10.00. The highest BCUT2D eigenvalue weighted by Crippen LogP contribution is 2.13. The maximum Gasteiger partial charge on any atom is 0.236 e. The number of aliphatic hydroxyl groups excluding tert-OH is 1. The van der Waals surface area contributed by atoms with Crippen LogP contribution in [0.3, 0.4) is 0 Å². The van der Waals surface area contributed by atoms with Gasteiger partial charge in [-0.2, -0.15) is 0 Å². The van der Waals surface area contributed by atoms with Gasteiger partial charge in [0.2, 0.25) is 11.8 Å². The average molecular weight is 369 g/mol. The lowest BCUT2D eigenvalue weighted by Crippen LogP contribution is -2.51. The summed E-state index contributed by atoms with van der Waals surface area (Å²) in [5.41, 5.74) is 0. The van der Waals surface area contributed by atoms with E-state index in [9.17, 15) is 14.7 Å². The van der Waals surface area contributed by atoms with Gasteiger partial charge in [0.1, 0.15) is 0 Å². The number of nitrogens with one attached hydrogen (secondary N) is 1. The van der Waals surface area contributed by atoms with E-state index in [1.165, 1.54) is 0 Å². The van der Waals surface area contributed by atoms with Crippen molar-refractivity contribution in [1.29, 1.82) is 0 Å². The Labute approximate surface area is 157 Å². The number of carbonyl (C=O) groups is 2. The Balaban J connectivity index is 1.88. The molecule has 3 heterocycles. The van der Waals surface area contributed by atoms with Crippen LogP contribution in [0.4, 0.5) is 0 Å². The standard InChI is InChI=1S/C19H36N4O3/c1-16-5-3-6-17(24)7-4-9-21(2)18(25)15-23-13-11-22(12-14-23)10-8-20-19(16)26/h16-17,24H,3-15H2,1-2H3,(H,20,26)/t16-,17+/m1/s1. The summed E-state index contributed by atoms with van der Waals surface area (Å²) in [7, 11) is 1.85. The molecule has 3 aliphatic heterocycles. The lowest BCUT2D eigenvalue weighted by molar-refractivity contribution is -0.131. The van der Waals surface area contributed by atoms with E-state index in [0.717, 1.165) is 58.4 Å². The normalized spacial score (nSPS) is 33.9. The zero-order valence-electron chi connectivity index (χ0n) is 16.5. The molecule has 0 aromatic carbocycles. The fraction of sp³-hybridized carbons (Fsp3) is 0.895. The topological polar surface area (TPSA) is 76.1 Å². The zero-order chi connectivity index (χ0) is 18.9. The van der Waals surface area contributed by atoms with Gasteiger partial charge in [0.05, 0.1) is 12.6 Å². The van der Waals surface area contributed by atoms with Crippen LogP contribution in [-0.2, 0) is 9.59 Å². The minimum atomic E-state index is -0.344. The Kier molecular flexibility index (Phi) is 8.81. The Hall–Kier alpha value is -1.18. The van der Waals surface area contributed by atoms with Crippen LogP contribution in [0, 0.1) is 5.92 Å². The first kappa shape index (κ1) is 21.1. The molecule has 7 nitrogen and oxygen atoms in total. The molecule has 26 heavy (non-hydrogen) atoms. The number of amides is 2. The average Bonchev–Trinajstić information content (AvgIpc) is 2.62. The van der Waals surface area contributed by atoms with E-state index in [1.807, 2.05) is 14.0 Å². The van der Waals surface area contributed by atoms with Gasteiger partial charge in [0, 0.05) is 58.8 Å². The highest BCUT2D eigenvalue weighted by molar-refractivity contribution is 5.78. The fourth-order valence-corrected chi connectivity index (χ4v) is 3.62. The monoisotopic (exact) mass is 368 g/mol. The quantitative estimate of drug-likeness (QED) is 0.636. The lowest BCUT2D eigenvalue weighted by Gasteiger charge is -2.35. The van der Waals surface area contributed by atoms with Crippen molar-refractivity contribution in [2.45, 2.75) is 45.1 Å². The largest absolute Gasteiger partial charge is 0.393 e. The number of carbonyl (C=O) groups excluding carboxylic acids is 2. The number of likely N-dealkylation sites (N-methyl/N-ethyl adjacent to an activating group) is 1. The highest BCUT2D eigenvalue weighted by atomic mass is 16.3. The molecule has 2 bridgehead atoms. The minimum Gasteiger partial charge on any atom is -0.393 e. The third-order valence-corrected chi connectivity index (χ3v) is 5.63. The first-order chi connectivity index (χ1) is 12.5. The second kappa shape index (κ2) is 10.8. The van der Waals surface area contributed by atoms with Gasteiger partial charge in [-0.3, -0.25) is 19.4 Å². The first-order valence-corrected chi connectivity index (χ1v) is 10.1.